The molecule has 0 aliphatic rings. The lowest BCUT2D eigenvalue weighted by Gasteiger charge is -2.06. The van der Waals surface area contributed by atoms with Crippen LogP contribution in [0.2, 0.25) is 0 Å². The van der Waals surface area contributed by atoms with Crippen molar-refractivity contribution in [2.75, 3.05) is 13.7 Å². The second kappa shape index (κ2) is 10.7. The van der Waals surface area contributed by atoms with Gasteiger partial charge in [0.2, 0.25) is 0 Å². The van der Waals surface area contributed by atoms with E-state index in [9.17, 15) is 0 Å². The maximum Gasteiger partial charge on any atom is 0.414 e. The third-order valence-corrected chi connectivity index (χ3v) is 3.01. The molecular formula is C17H20N2O5. The van der Waals surface area contributed by atoms with Crippen LogP contribution in [0.25, 0.3) is 0 Å². The Kier molecular flexibility index (Phi) is 8.55. The van der Waals surface area contributed by atoms with Crippen LogP contribution in [0.5, 0.6) is 5.75 Å². The van der Waals surface area contributed by atoms with Crippen LogP contribution in [-0.2, 0) is 22.6 Å². The Hall–Kier alpha value is -2.93. The molecule has 7 nitrogen and oxygen atoms in total. The Morgan fingerprint density at radius 1 is 1.00 bits per heavy atom. The zero-order valence-electron chi connectivity index (χ0n) is 13.3. The average Bonchev–Trinajstić information content (AvgIpc) is 2.60. The number of aromatic nitrogens is 1. The summed E-state index contributed by atoms with van der Waals surface area (Å²) in [5.74, 6) is -2.74. The Morgan fingerprint density at radius 3 is 2.08 bits per heavy atom. The first-order chi connectivity index (χ1) is 11.5. The molecule has 0 bridgehead atoms. The van der Waals surface area contributed by atoms with Crippen molar-refractivity contribution >= 4 is 11.9 Å². The summed E-state index contributed by atoms with van der Waals surface area (Å²) < 4.78 is 5.13. The first kappa shape index (κ1) is 19.1. The van der Waals surface area contributed by atoms with Crippen LogP contribution in [0.3, 0.4) is 0 Å². The molecule has 0 radical (unpaired) electrons. The summed E-state index contributed by atoms with van der Waals surface area (Å²) in [6, 6.07) is 12.3. The van der Waals surface area contributed by atoms with Crippen molar-refractivity contribution in [2.24, 2.45) is 0 Å². The van der Waals surface area contributed by atoms with Crippen LogP contribution in [0.4, 0.5) is 0 Å². The van der Waals surface area contributed by atoms with Gasteiger partial charge in [-0.1, -0.05) is 12.1 Å². The molecule has 0 amide bonds. The Bertz CT molecular complexity index is 617. The number of rotatable bonds is 6. The highest BCUT2D eigenvalue weighted by atomic mass is 16.5. The van der Waals surface area contributed by atoms with E-state index in [-0.39, 0.29) is 0 Å². The number of carboxylic acids is 2. The van der Waals surface area contributed by atoms with Crippen molar-refractivity contribution in [3.8, 4) is 5.75 Å². The highest BCUT2D eigenvalue weighted by Crippen LogP contribution is 2.11. The van der Waals surface area contributed by atoms with Crippen LogP contribution in [0.15, 0.2) is 48.8 Å². The number of nitrogens with zero attached hydrogens (tertiary/aromatic N) is 1. The molecule has 128 valence electrons. The number of carboxylic acid groups (broad SMARTS) is 2. The van der Waals surface area contributed by atoms with Crippen molar-refractivity contribution < 1.29 is 24.5 Å². The number of methoxy groups -OCH3 is 1. The van der Waals surface area contributed by atoms with Gasteiger partial charge in [0.25, 0.3) is 0 Å². The molecule has 1 aromatic carbocycles. The molecule has 0 saturated carbocycles. The number of benzene rings is 1. The molecule has 0 fully saturated rings. The van der Waals surface area contributed by atoms with E-state index in [0.29, 0.717) is 0 Å². The van der Waals surface area contributed by atoms with Crippen molar-refractivity contribution in [3.63, 3.8) is 0 Å². The van der Waals surface area contributed by atoms with E-state index in [1.54, 1.807) is 7.11 Å². The highest BCUT2D eigenvalue weighted by molar-refractivity contribution is 6.27. The van der Waals surface area contributed by atoms with Crippen LogP contribution in [0.1, 0.15) is 11.1 Å². The van der Waals surface area contributed by atoms with E-state index in [2.05, 4.69) is 22.4 Å². The van der Waals surface area contributed by atoms with Gasteiger partial charge in [-0.3, -0.25) is 4.98 Å². The molecule has 24 heavy (non-hydrogen) atoms. The monoisotopic (exact) mass is 332 g/mol. The lowest BCUT2D eigenvalue weighted by Crippen LogP contribution is -2.16. The third kappa shape index (κ3) is 7.90. The fraction of sp³-hybridized carbons (Fsp3) is 0.235. The topological polar surface area (TPSA) is 109 Å². The van der Waals surface area contributed by atoms with E-state index in [1.807, 2.05) is 36.7 Å². The van der Waals surface area contributed by atoms with Gasteiger partial charge in [0.05, 0.1) is 7.11 Å². The second-order valence-corrected chi connectivity index (χ2v) is 4.74. The Labute approximate surface area is 139 Å². The minimum absolute atomic E-state index is 0.888. The van der Waals surface area contributed by atoms with Gasteiger partial charge in [-0.05, 0) is 48.4 Å². The number of aliphatic carboxylic acids is 2. The lowest BCUT2D eigenvalue weighted by atomic mass is 10.1. The van der Waals surface area contributed by atoms with Crippen molar-refractivity contribution in [1.82, 2.24) is 10.3 Å². The largest absolute Gasteiger partial charge is 0.497 e. The molecule has 0 spiro atoms. The first-order valence-corrected chi connectivity index (χ1v) is 7.21. The molecule has 0 aliphatic carbocycles. The molecule has 2 rings (SSSR count). The summed E-state index contributed by atoms with van der Waals surface area (Å²) in [5.41, 5.74) is 2.58. The van der Waals surface area contributed by atoms with E-state index in [4.69, 9.17) is 24.5 Å². The van der Waals surface area contributed by atoms with E-state index in [0.717, 1.165) is 25.3 Å². The summed E-state index contributed by atoms with van der Waals surface area (Å²) in [6.07, 6.45) is 4.66. The Morgan fingerprint density at radius 2 is 1.58 bits per heavy atom. The van der Waals surface area contributed by atoms with Gasteiger partial charge in [-0.25, -0.2) is 9.59 Å². The van der Waals surface area contributed by atoms with E-state index in [1.165, 1.54) is 11.1 Å². The van der Waals surface area contributed by atoms with Crippen molar-refractivity contribution in [1.29, 1.82) is 0 Å². The molecule has 3 N–H and O–H groups in total. The second-order valence-electron chi connectivity index (χ2n) is 4.74. The molecule has 7 heteroatoms. The number of ether oxygens (including phenoxy) is 1. The zero-order chi connectivity index (χ0) is 17.8. The lowest BCUT2D eigenvalue weighted by molar-refractivity contribution is -0.159. The van der Waals surface area contributed by atoms with Gasteiger partial charge in [-0.15, -0.1) is 0 Å². The maximum absolute atomic E-state index is 9.10. The molecule has 0 atom stereocenters. The van der Waals surface area contributed by atoms with E-state index >= 15 is 0 Å². The van der Waals surface area contributed by atoms with Gasteiger partial charge in [0.15, 0.2) is 0 Å². The normalized spacial score (nSPS) is 9.54. The van der Waals surface area contributed by atoms with Gasteiger partial charge >= 0.3 is 11.9 Å². The van der Waals surface area contributed by atoms with Gasteiger partial charge < -0.3 is 20.3 Å². The van der Waals surface area contributed by atoms with Gasteiger partial charge in [0, 0.05) is 18.9 Å². The molecular weight excluding hydrogens is 312 g/mol. The molecule has 0 saturated heterocycles. The number of pyridine rings is 1. The maximum atomic E-state index is 9.10. The zero-order valence-corrected chi connectivity index (χ0v) is 13.3. The van der Waals surface area contributed by atoms with E-state index < -0.39 is 11.9 Å². The molecule has 0 unspecified atom stereocenters. The highest BCUT2D eigenvalue weighted by Gasteiger charge is 2.04. The molecule has 0 aliphatic heterocycles. The predicted molar refractivity (Wildman–Crippen MR) is 87.9 cm³/mol. The fourth-order valence-electron chi connectivity index (χ4n) is 1.76. The number of carbonyl (C=O) groups is 2. The minimum Gasteiger partial charge on any atom is -0.497 e. The van der Waals surface area contributed by atoms with Gasteiger partial charge in [-0.2, -0.15) is 0 Å². The number of hydrogen-bond acceptors (Lipinski definition) is 5. The smallest absolute Gasteiger partial charge is 0.414 e. The first-order valence-electron chi connectivity index (χ1n) is 7.21. The summed E-state index contributed by atoms with van der Waals surface area (Å²) in [6.45, 7) is 1.85. The molecule has 1 aromatic heterocycles. The average molecular weight is 332 g/mol. The standard InChI is InChI=1S/C15H18N2O.C2H2O4/c1-18-15-4-2-13(3-5-15)6-11-17-12-14-7-9-16-10-8-14;3-1(4)2(5)6/h2-5,7-10,17H,6,11-12H2,1H3;(H,3,4)(H,5,6). The third-order valence-electron chi connectivity index (χ3n) is 3.01. The summed E-state index contributed by atoms with van der Waals surface area (Å²) >= 11 is 0. The quantitative estimate of drug-likeness (QED) is 0.544. The van der Waals surface area contributed by atoms with Crippen molar-refractivity contribution in [3.05, 3.63) is 59.9 Å². The number of nitrogens with one attached hydrogen (secondary N) is 1. The van der Waals surface area contributed by atoms with Crippen LogP contribution in [-0.4, -0.2) is 40.8 Å². The SMILES string of the molecule is COc1ccc(CCNCc2ccncc2)cc1.O=C(O)C(=O)O. The van der Waals surface area contributed by atoms with Crippen LogP contribution in [0, 0.1) is 0 Å². The summed E-state index contributed by atoms with van der Waals surface area (Å²) in [7, 11) is 1.69. The van der Waals surface area contributed by atoms with Crippen LogP contribution >= 0.6 is 0 Å². The van der Waals surface area contributed by atoms with Gasteiger partial charge in [0.1, 0.15) is 5.75 Å². The number of hydrogen-bond donors (Lipinski definition) is 3. The predicted octanol–water partition coefficient (Wildman–Crippen LogP) is 1.58. The fourth-order valence-corrected chi connectivity index (χ4v) is 1.76. The summed E-state index contributed by atoms with van der Waals surface area (Å²) in [4.78, 5) is 22.2. The molecule has 1 heterocycles. The van der Waals surface area contributed by atoms with Crippen molar-refractivity contribution in [2.45, 2.75) is 13.0 Å². The Balaban J connectivity index is 0.000000413. The summed E-state index contributed by atoms with van der Waals surface area (Å²) in [5, 5.41) is 18.2. The minimum atomic E-state index is -1.82. The van der Waals surface area contributed by atoms with Crippen LogP contribution < -0.4 is 10.1 Å². The molecule has 2 aromatic rings.